The molecule has 0 spiro atoms. The van der Waals surface area contributed by atoms with Crippen molar-refractivity contribution >= 4 is 5.97 Å². The lowest BCUT2D eigenvalue weighted by molar-refractivity contribution is -0.139. The van der Waals surface area contributed by atoms with Gasteiger partial charge in [0.2, 0.25) is 0 Å². The third kappa shape index (κ3) is 5.88. The topological polar surface area (TPSA) is 72.5 Å². The molecule has 0 radical (unpaired) electrons. The summed E-state index contributed by atoms with van der Waals surface area (Å²) in [6, 6.07) is -0.811. The Bertz CT molecular complexity index is 147. The van der Waals surface area contributed by atoms with E-state index in [-0.39, 0.29) is 0 Å². The Morgan fingerprint density at radius 3 is 2.83 bits per heavy atom. The third-order valence-corrected chi connectivity index (χ3v) is 1.36. The van der Waals surface area contributed by atoms with Crippen LogP contribution in [0.25, 0.3) is 0 Å². The van der Waals surface area contributed by atoms with Crippen LogP contribution in [0, 0.1) is 0 Å². The van der Waals surface area contributed by atoms with Crippen LogP contribution in [-0.4, -0.2) is 30.3 Å². The van der Waals surface area contributed by atoms with E-state index < -0.39 is 12.0 Å². The van der Waals surface area contributed by atoms with Crippen molar-refractivity contribution in [2.24, 2.45) is 5.73 Å². The van der Waals surface area contributed by atoms with E-state index >= 15 is 0 Å². The van der Waals surface area contributed by atoms with E-state index in [1.807, 2.05) is 0 Å². The smallest absolute Gasteiger partial charge is 0.320 e. The van der Waals surface area contributed by atoms with Gasteiger partial charge in [-0.1, -0.05) is 6.08 Å². The molecule has 1 atom stereocenters. The van der Waals surface area contributed by atoms with Crippen LogP contribution in [0.5, 0.6) is 0 Å². The molecule has 0 saturated heterocycles. The summed E-state index contributed by atoms with van der Waals surface area (Å²) in [6.07, 6.45) is 2.88. The number of nitrogens with two attached hydrogens (primary N) is 1. The first-order valence-corrected chi connectivity index (χ1v) is 3.85. The molecule has 0 aliphatic rings. The van der Waals surface area contributed by atoms with Gasteiger partial charge in [0, 0.05) is 13.2 Å². The average molecular weight is 173 g/mol. The molecule has 0 rings (SSSR count). The summed E-state index contributed by atoms with van der Waals surface area (Å²) in [5.41, 5.74) is 5.23. The van der Waals surface area contributed by atoms with E-state index in [0.29, 0.717) is 19.6 Å². The number of aliphatic carboxylic acids is 1. The molecule has 0 aromatic rings. The summed E-state index contributed by atoms with van der Waals surface area (Å²) in [5, 5.41) is 8.39. The molecule has 4 nitrogen and oxygen atoms in total. The van der Waals surface area contributed by atoms with Gasteiger partial charge in [-0.05, 0) is 12.8 Å². The van der Waals surface area contributed by atoms with Crippen molar-refractivity contribution < 1.29 is 14.6 Å². The highest BCUT2D eigenvalue weighted by molar-refractivity contribution is 5.72. The standard InChI is InChI=1S/C8H15NO3/c1-2-3-5-12-6-4-7(9)8(10)11/h2,7H,1,3-6,9H2,(H,10,11)/t7-/m0/s1. The molecule has 0 aromatic carbocycles. The lowest BCUT2D eigenvalue weighted by Crippen LogP contribution is -2.31. The number of ether oxygens (including phenoxy) is 1. The van der Waals surface area contributed by atoms with E-state index in [9.17, 15) is 4.79 Å². The highest BCUT2D eigenvalue weighted by atomic mass is 16.5. The molecule has 0 amide bonds. The molecule has 0 saturated carbocycles. The molecule has 0 heterocycles. The summed E-state index contributed by atoms with van der Waals surface area (Å²) in [4.78, 5) is 10.2. The zero-order valence-electron chi connectivity index (χ0n) is 7.03. The fraction of sp³-hybridized carbons (Fsp3) is 0.625. The zero-order valence-corrected chi connectivity index (χ0v) is 7.03. The summed E-state index contributed by atoms with van der Waals surface area (Å²) in [5.74, 6) is -0.984. The van der Waals surface area contributed by atoms with Crippen molar-refractivity contribution in [2.75, 3.05) is 13.2 Å². The van der Waals surface area contributed by atoms with E-state index in [1.165, 1.54) is 0 Å². The molecule has 0 bridgehead atoms. The van der Waals surface area contributed by atoms with Crippen LogP contribution in [0.1, 0.15) is 12.8 Å². The SMILES string of the molecule is C=CCCOCC[C@H](N)C(=O)O. The van der Waals surface area contributed by atoms with Gasteiger partial charge < -0.3 is 15.6 Å². The molecular weight excluding hydrogens is 158 g/mol. The first kappa shape index (κ1) is 11.1. The molecule has 0 unspecified atom stereocenters. The monoisotopic (exact) mass is 173 g/mol. The molecule has 0 aliphatic heterocycles. The van der Waals surface area contributed by atoms with E-state index in [1.54, 1.807) is 6.08 Å². The van der Waals surface area contributed by atoms with Crippen molar-refractivity contribution in [3.05, 3.63) is 12.7 Å². The van der Waals surface area contributed by atoms with Crippen LogP contribution in [0.2, 0.25) is 0 Å². The second kappa shape index (κ2) is 6.82. The molecule has 3 N–H and O–H groups in total. The summed E-state index contributed by atoms with van der Waals surface area (Å²) in [7, 11) is 0. The number of hydrogen-bond acceptors (Lipinski definition) is 3. The fourth-order valence-corrected chi connectivity index (χ4v) is 0.603. The van der Waals surface area contributed by atoms with Crippen LogP contribution in [-0.2, 0) is 9.53 Å². The Balaban J connectivity index is 3.19. The molecule has 0 fully saturated rings. The van der Waals surface area contributed by atoms with Gasteiger partial charge in [-0.2, -0.15) is 0 Å². The summed E-state index contributed by atoms with van der Waals surface area (Å²) >= 11 is 0. The van der Waals surface area contributed by atoms with Crippen LogP contribution >= 0.6 is 0 Å². The first-order valence-electron chi connectivity index (χ1n) is 3.85. The lowest BCUT2D eigenvalue weighted by Gasteiger charge is -2.05. The Morgan fingerprint density at radius 2 is 2.33 bits per heavy atom. The van der Waals surface area contributed by atoms with E-state index in [0.717, 1.165) is 6.42 Å². The van der Waals surface area contributed by atoms with Gasteiger partial charge >= 0.3 is 5.97 Å². The second-order valence-corrected chi connectivity index (χ2v) is 2.42. The van der Waals surface area contributed by atoms with Crippen molar-refractivity contribution in [2.45, 2.75) is 18.9 Å². The van der Waals surface area contributed by atoms with Crippen LogP contribution in [0.15, 0.2) is 12.7 Å². The van der Waals surface area contributed by atoms with Crippen molar-refractivity contribution in [3.63, 3.8) is 0 Å². The normalized spacial score (nSPS) is 12.4. The Morgan fingerprint density at radius 1 is 1.67 bits per heavy atom. The van der Waals surface area contributed by atoms with Crippen LogP contribution < -0.4 is 5.73 Å². The van der Waals surface area contributed by atoms with E-state index in [2.05, 4.69) is 6.58 Å². The number of hydrogen-bond donors (Lipinski definition) is 2. The molecular formula is C8H15NO3. The Kier molecular flexibility index (Phi) is 6.32. The highest BCUT2D eigenvalue weighted by Gasteiger charge is 2.09. The minimum Gasteiger partial charge on any atom is -0.480 e. The van der Waals surface area contributed by atoms with E-state index in [4.69, 9.17) is 15.6 Å². The van der Waals surface area contributed by atoms with Gasteiger partial charge in [-0.3, -0.25) is 4.79 Å². The van der Waals surface area contributed by atoms with Gasteiger partial charge in [0.05, 0.1) is 0 Å². The van der Waals surface area contributed by atoms with Gasteiger partial charge in [-0.25, -0.2) is 0 Å². The largest absolute Gasteiger partial charge is 0.480 e. The maximum absolute atomic E-state index is 10.2. The molecule has 0 aromatic heterocycles. The second-order valence-electron chi connectivity index (χ2n) is 2.42. The zero-order chi connectivity index (χ0) is 9.40. The van der Waals surface area contributed by atoms with Crippen molar-refractivity contribution in [3.8, 4) is 0 Å². The highest BCUT2D eigenvalue weighted by Crippen LogP contribution is 1.91. The van der Waals surface area contributed by atoms with Gasteiger partial charge in [0.1, 0.15) is 6.04 Å². The van der Waals surface area contributed by atoms with Gasteiger partial charge in [-0.15, -0.1) is 6.58 Å². The predicted molar refractivity (Wildman–Crippen MR) is 45.9 cm³/mol. The van der Waals surface area contributed by atoms with Crippen molar-refractivity contribution in [1.82, 2.24) is 0 Å². The quantitative estimate of drug-likeness (QED) is 0.431. The molecule has 4 heteroatoms. The Labute approximate surface area is 72.0 Å². The average Bonchev–Trinajstić information content (AvgIpc) is 2.03. The maximum Gasteiger partial charge on any atom is 0.320 e. The minimum atomic E-state index is -0.984. The molecule has 12 heavy (non-hydrogen) atoms. The van der Waals surface area contributed by atoms with Gasteiger partial charge in [0.25, 0.3) is 0 Å². The van der Waals surface area contributed by atoms with Gasteiger partial charge in [0.15, 0.2) is 0 Å². The maximum atomic E-state index is 10.2. The third-order valence-electron chi connectivity index (χ3n) is 1.36. The molecule has 70 valence electrons. The number of carbonyl (C=O) groups is 1. The van der Waals surface area contributed by atoms with Crippen LogP contribution in [0.4, 0.5) is 0 Å². The van der Waals surface area contributed by atoms with Crippen LogP contribution in [0.3, 0.4) is 0 Å². The summed E-state index contributed by atoms with van der Waals surface area (Å²) in [6.45, 7) is 4.49. The number of rotatable bonds is 7. The first-order chi connectivity index (χ1) is 5.68. The predicted octanol–water partition coefficient (Wildman–Crippen LogP) is 0.381. The number of carboxylic acids is 1. The molecule has 0 aliphatic carbocycles. The van der Waals surface area contributed by atoms with Crippen molar-refractivity contribution in [1.29, 1.82) is 0 Å². The summed E-state index contributed by atoms with van der Waals surface area (Å²) < 4.78 is 5.08. The minimum absolute atomic E-state index is 0.354. The number of carboxylic acid groups (broad SMARTS) is 1. The Hall–Kier alpha value is -0.870. The lowest BCUT2D eigenvalue weighted by atomic mass is 10.2. The fourth-order valence-electron chi connectivity index (χ4n) is 0.603.